The summed E-state index contributed by atoms with van der Waals surface area (Å²) in [5.41, 5.74) is 2.99. The molecule has 1 unspecified atom stereocenters. The van der Waals surface area contributed by atoms with Crippen LogP contribution < -0.4 is 5.32 Å². The van der Waals surface area contributed by atoms with Gasteiger partial charge in [0.1, 0.15) is 0 Å². The maximum Gasteiger partial charge on any atom is 0.306 e. The van der Waals surface area contributed by atoms with Gasteiger partial charge in [-0.25, -0.2) is 0 Å². The summed E-state index contributed by atoms with van der Waals surface area (Å²) in [5, 5.41) is 11.6. The summed E-state index contributed by atoms with van der Waals surface area (Å²) in [5.74, 6) is -1.05. The summed E-state index contributed by atoms with van der Waals surface area (Å²) < 4.78 is 4.94. The minimum absolute atomic E-state index is 0.0562. The maximum atomic E-state index is 12.7. The Labute approximate surface area is 163 Å². The van der Waals surface area contributed by atoms with E-state index in [1.165, 1.54) is 0 Å². The van der Waals surface area contributed by atoms with Crippen molar-refractivity contribution in [3.8, 4) is 6.07 Å². The zero-order valence-electron chi connectivity index (χ0n) is 15.5. The number of amides is 1. The molecule has 0 saturated heterocycles. The molecule has 0 saturated carbocycles. The Morgan fingerprint density at radius 1 is 1.21 bits per heavy atom. The molecule has 6 heteroatoms. The van der Waals surface area contributed by atoms with Crippen LogP contribution in [0.15, 0.2) is 42.5 Å². The molecule has 3 rings (SSSR count). The molecule has 1 N–H and O–H groups in total. The lowest BCUT2D eigenvalue weighted by atomic mass is 9.81. The third-order valence-electron chi connectivity index (χ3n) is 4.76. The molecule has 1 amide bonds. The van der Waals surface area contributed by atoms with Crippen LogP contribution in [0, 0.1) is 17.2 Å². The van der Waals surface area contributed by atoms with Crippen LogP contribution in [-0.4, -0.2) is 24.3 Å². The number of ketones is 1. The topological polar surface area (TPSA) is 96.3 Å². The van der Waals surface area contributed by atoms with Gasteiger partial charge in [-0.3, -0.25) is 14.4 Å². The van der Waals surface area contributed by atoms with E-state index in [4.69, 9.17) is 10.00 Å². The molecule has 0 spiro atoms. The normalized spacial score (nSPS) is 15.3. The zero-order chi connectivity index (χ0) is 20.1. The summed E-state index contributed by atoms with van der Waals surface area (Å²) >= 11 is 0. The number of carbonyl (C=O) groups excluding carboxylic acids is 3. The number of nitriles is 1. The van der Waals surface area contributed by atoms with Crippen molar-refractivity contribution in [3.05, 3.63) is 64.7 Å². The van der Waals surface area contributed by atoms with Gasteiger partial charge in [0.2, 0.25) is 0 Å². The van der Waals surface area contributed by atoms with Crippen LogP contribution in [-0.2, 0) is 16.0 Å². The number of esters is 1. The lowest BCUT2D eigenvalue weighted by molar-refractivity contribution is -0.144. The first-order valence-corrected chi connectivity index (χ1v) is 9.16. The van der Waals surface area contributed by atoms with Gasteiger partial charge in [-0.15, -0.1) is 0 Å². The molecule has 2 aromatic rings. The molecule has 142 valence electrons. The summed E-state index contributed by atoms with van der Waals surface area (Å²) in [6, 6.07) is 13.6. The fourth-order valence-electron chi connectivity index (χ4n) is 3.31. The Hall–Kier alpha value is -3.46. The molecule has 6 nitrogen and oxygen atoms in total. The zero-order valence-corrected chi connectivity index (χ0v) is 15.5. The van der Waals surface area contributed by atoms with Crippen molar-refractivity contribution in [1.82, 2.24) is 0 Å². The Morgan fingerprint density at radius 2 is 1.96 bits per heavy atom. The number of hydrogen-bond acceptors (Lipinski definition) is 5. The summed E-state index contributed by atoms with van der Waals surface area (Å²) in [4.78, 5) is 36.7. The third kappa shape index (κ3) is 4.26. The first-order chi connectivity index (χ1) is 13.5. The van der Waals surface area contributed by atoms with Gasteiger partial charge in [0.15, 0.2) is 5.78 Å². The number of anilines is 1. The first-order valence-electron chi connectivity index (χ1n) is 9.16. The van der Waals surface area contributed by atoms with Crippen molar-refractivity contribution in [1.29, 1.82) is 5.26 Å². The Balaban J connectivity index is 1.70. The second-order valence-corrected chi connectivity index (χ2v) is 6.62. The van der Waals surface area contributed by atoms with Crippen LogP contribution >= 0.6 is 0 Å². The van der Waals surface area contributed by atoms with Gasteiger partial charge in [0.05, 0.1) is 24.7 Å². The lowest BCUT2D eigenvalue weighted by Gasteiger charge is -2.23. The van der Waals surface area contributed by atoms with Gasteiger partial charge in [-0.1, -0.05) is 0 Å². The van der Waals surface area contributed by atoms with E-state index in [2.05, 4.69) is 5.32 Å². The van der Waals surface area contributed by atoms with E-state index in [0.29, 0.717) is 41.8 Å². The number of rotatable bonds is 5. The van der Waals surface area contributed by atoms with Gasteiger partial charge in [-0.2, -0.15) is 5.26 Å². The van der Waals surface area contributed by atoms with E-state index in [-0.39, 0.29) is 30.0 Å². The number of benzene rings is 2. The molecule has 1 atom stereocenters. The highest BCUT2D eigenvalue weighted by Gasteiger charge is 2.29. The number of hydrogen-bond donors (Lipinski definition) is 1. The van der Waals surface area contributed by atoms with Gasteiger partial charge >= 0.3 is 5.97 Å². The van der Waals surface area contributed by atoms with E-state index >= 15 is 0 Å². The third-order valence-corrected chi connectivity index (χ3v) is 4.76. The summed E-state index contributed by atoms with van der Waals surface area (Å²) in [6.07, 6.45) is 1.34. The smallest absolute Gasteiger partial charge is 0.306 e. The molecular formula is C22H20N2O4. The molecule has 0 aromatic heterocycles. The van der Waals surface area contributed by atoms with E-state index in [0.717, 1.165) is 5.56 Å². The lowest BCUT2D eigenvalue weighted by Crippen LogP contribution is -2.26. The second-order valence-electron chi connectivity index (χ2n) is 6.62. The fraction of sp³-hybridized carbons (Fsp3) is 0.273. The van der Waals surface area contributed by atoms with E-state index in [1.54, 1.807) is 49.4 Å². The number of fused-ring (bicyclic) bond motifs is 1. The SMILES string of the molecule is CCOC(=O)CC1CCc2cc(NC(=O)c3ccc(C#N)cc3)ccc2C1=O. The van der Waals surface area contributed by atoms with Crippen molar-refractivity contribution in [2.45, 2.75) is 26.2 Å². The predicted molar refractivity (Wildman–Crippen MR) is 103 cm³/mol. The van der Waals surface area contributed by atoms with Crippen molar-refractivity contribution in [2.75, 3.05) is 11.9 Å². The highest BCUT2D eigenvalue weighted by molar-refractivity contribution is 6.05. The van der Waals surface area contributed by atoms with Crippen LogP contribution in [0.5, 0.6) is 0 Å². The highest BCUT2D eigenvalue weighted by atomic mass is 16.5. The summed E-state index contributed by atoms with van der Waals surface area (Å²) in [7, 11) is 0. The fourth-order valence-corrected chi connectivity index (χ4v) is 3.31. The molecule has 28 heavy (non-hydrogen) atoms. The number of nitrogens with one attached hydrogen (secondary N) is 1. The number of ether oxygens (including phenoxy) is 1. The van der Waals surface area contributed by atoms with Crippen molar-refractivity contribution in [2.24, 2.45) is 5.92 Å². The highest BCUT2D eigenvalue weighted by Crippen LogP contribution is 2.30. The standard InChI is InChI=1S/C22H20N2O4/c1-2-28-20(25)12-17-8-7-16-11-18(9-10-19(16)21(17)26)24-22(27)15-5-3-14(13-23)4-6-15/h3-6,9-11,17H,2,7-8,12H2,1H3,(H,24,27). The molecule has 0 bridgehead atoms. The van der Waals surface area contributed by atoms with Gasteiger partial charge in [0.25, 0.3) is 5.91 Å². The molecular weight excluding hydrogens is 356 g/mol. The average Bonchev–Trinajstić information content (AvgIpc) is 2.70. The first kappa shape index (κ1) is 19.3. The van der Waals surface area contributed by atoms with E-state index < -0.39 is 0 Å². The van der Waals surface area contributed by atoms with Crippen molar-refractivity contribution >= 4 is 23.3 Å². The molecule has 2 aromatic carbocycles. The van der Waals surface area contributed by atoms with Crippen LogP contribution in [0.1, 0.15) is 51.6 Å². The molecule has 0 fully saturated rings. The Morgan fingerprint density at radius 3 is 2.64 bits per heavy atom. The largest absolute Gasteiger partial charge is 0.466 e. The van der Waals surface area contributed by atoms with Crippen molar-refractivity contribution < 1.29 is 19.1 Å². The number of carbonyl (C=O) groups is 3. The molecule has 1 aliphatic carbocycles. The molecule has 0 heterocycles. The number of aryl methyl sites for hydroxylation is 1. The number of Topliss-reactive ketones (excluding diaryl/α,β-unsaturated/α-hetero) is 1. The predicted octanol–water partition coefficient (Wildman–Crippen LogP) is 3.51. The number of nitrogens with zero attached hydrogens (tertiary/aromatic N) is 1. The second kappa shape index (κ2) is 8.49. The Bertz CT molecular complexity index is 957. The van der Waals surface area contributed by atoms with Gasteiger partial charge < -0.3 is 10.1 Å². The monoisotopic (exact) mass is 376 g/mol. The maximum absolute atomic E-state index is 12.7. The van der Waals surface area contributed by atoms with Crippen LogP contribution in [0.2, 0.25) is 0 Å². The Kier molecular flexibility index (Phi) is 5.85. The van der Waals surface area contributed by atoms with Crippen LogP contribution in [0.3, 0.4) is 0 Å². The van der Waals surface area contributed by atoms with Crippen molar-refractivity contribution in [3.63, 3.8) is 0 Å². The minimum Gasteiger partial charge on any atom is -0.466 e. The molecule has 0 aliphatic heterocycles. The minimum atomic E-state index is -0.356. The molecule has 0 radical (unpaired) electrons. The quantitative estimate of drug-likeness (QED) is 0.806. The van der Waals surface area contributed by atoms with E-state index in [9.17, 15) is 14.4 Å². The van der Waals surface area contributed by atoms with Crippen LogP contribution in [0.4, 0.5) is 5.69 Å². The average molecular weight is 376 g/mol. The summed E-state index contributed by atoms with van der Waals surface area (Å²) in [6.45, 7) is 2.04. The molecule has 1 aliphatic rings. The van der Waals surface area contributed by atoms with E-state index in [1.807, 2.05) is 6.07 Å². The van der Waals surface area contributed by atoms with Gasteiger partial charge in [0, 0.05) is 22.7 Å². The van der Waals surface area contributed by atoms with Gasteiger partial charge in [-0.05, 0) is 67.8 Å². The van der Waals surface area contributed by atoms with Crippen LogP contribution in [0.25, 0.3) is 0 Å².